The number of hydrogen-bond donors (Lipinski definition) is 2. The minimum atomic E-state index is -0.167. The second-order valence-electron chi connectivity index (χ2n) is 4.25. The SMILES string of the molecule is CCCN(CCC)c1sc(C(=O)NC)c(N)c1OC. The number of carbonyl (C=O) groups is 1. The van der Waals surface area contributed by atoms with Crippen LogP contribution in [0.1, 0.15) is 36.4 Å². The first kappa shape index (κ1) is 15.6. The molecular formula is C13H23N3O2S. The van der Waals surface area contributed by atoms with Crippen LogP contribution in [0.5, 0.6) is 5.75 Å². The molecule has 0 aliphatic carbocycles. The fourth-order valence-electron chi connectivity index (χ4n) is 1.96. The third kappa shape index (κ3) is 3.32. The monoisotopic (exact) mass is 285 g/mol. The largest absolute Gasteiger partial charge is 0.492 e. The first-order valence-corrected chi connectivity index (χ1v) is 7.35. The quantitative estimate of drug-likeness (QED) is 0.807. The van der Waals surface area contributed by atoms with Gasteiger partial charge in [-0.15, -0.1) is 11.3 Å². The number of methoxy groups -OCH3 is 1. The van der Waals surface area contributed by atoms with Crippen LogP contribution in [0.4, 0.5) is 10.7 Å². The summed E-state index contributed by atoms with van der Waals surface area (Å²) in [5, 5.41) is 3.55. The van der Waals surface area contributed by atoms with Crippen molar-refractivity contribution in [2.45, 2.75) is 26.7 Å². The Morgan fingerprint density at radius 3 is 2.37 bits per heavy atom. The lowest BCUT2D eigenvalue weighted by Crippen LogP contribution is -2.24. The van der Waals surface area contributed by atoms with Crippen LogP contribution in [0, 0.1) is 0 Å². The molecule has 1 amide bonds. The van der Waals surface area contributed by atoms with E-state index in [1.807, 2.05) is 0 Å². The Morgan fingerprint density at radius 2 is 1.95 bits per heavy atom. The standard InChI is InChI=1S/C13H23N3O2S/c1-5-7-16(8-6-2)13-10(18-4)9(14)11(19-13)12(17)15-3/h5-8,14H2,1-4H3,(H,15,17). The molecule has 0 unspecified atom stereocenters. The number of nitrogens with zero attached hydrogens (tertiary/aromatic N) is 1. The van der Waals surface area contributed by atoms with Crippen molar-refractivity contribution in [1.82, 2.24) is 5.32 Å². The van der Waals surface area contributed by atoms with Crippen molar-refractivity contribution in [2.75, 3.05) is 37.9 Å². The van der Waals surface area contributed by atoms with E-state index in [2.05, 4.69) is 24.1 Å². The Balaban J connectivity index is 3.20. The van der Waals surface area contributed by atoms with E-state index < -0.39 is 0 Å². The highest BCUT2D eigenvalue weighted by atomic mass is 32.1. The van der Waals surface area contributed by atoms with Gasteiger partial charge in [0, 0.05) is 20.1 Å². The molecule has 0 fully saturated rings. The van der Waals surface area contributed by atoms with Crippen LogP contribution in [0.3, 0.4) is 0 Å². The first-order valence-electron chi connectivity index (χ1n) is 6.53. The summed E-state index contributed by atoms with van der Waals surface area (Å²) in [6, 6.07) is 0. The van der Waals surface area contributed by atoms with Gasteiger partial charge in [-0.3, -0.25) is 4.79 Å². The average Bonchev–Trinajstić information content (AvgIpc) is 2.74. The zero-order chi connectivity index (χ0) is 14.4. The summed E-state index contributed by atoms with van der Waals surface area (Å²) in [7, 11) is 3.19. The number of anilines is 2. The highest BCUT2D eigenvalue weighted by Crippen LogP contribution is 2.44. The maximum absolute atomic E-state index is 11.8. The maximum Gasteiger partial charge on any atom is 0.263 e. The van der Waals surface area contributed by atoms with Crippen LogP contribution in [0.25, 0.3) is 0 Å². The van der Waals surface area contributed by atoms with Gasteiger partial charge >= 0.3 is 0 Å². The maximum atomic E-state index is 11.8. The van der Waals surface area contributed by atoms with Gasteiger partial charge in [-0.2, -0.15) is 0 Å². The molecule has 0 saturated heterocycles. The highest BCUT2D eigenvalue weighted by Gasteiger charge is 2.24. The zero-order valence-corrected chi connectivity index (χ0v) is 12.9. The van der Waals surface area contributed by atoms with Crippen LogP contribution < -0.4 is 20.7 Å². The summed E-state index contributed by atoms with van der Waals surface area (Å²) in [5.41, 5.74) is 6.45. The van der Waals surface area contributed by atoms with E-state index in [4.69, 9.17) is 10.5 Å². The number of nitrogen functional groups attached to an aromatic ring is 1. The van der Waals surface area contributed by atoms with Gasteiger partial charge in [0.2, 0.25) is 0 Å². The van der Waals surface area contributed by atoms with E-state index in [0.29, 0.717) is 16.3 Å². The molecule has 0 radical (unpaired) electrons. The van der Waals surface area contributed by atoms with Gasteiger partial charge in [-0.25, -0.2) is 0 Å². The Bertz CT molecular complexity index is 426. The van der Waals surface area contributed by atoms with Gasteiger partial charge in [0.25, 0.3) is 5.91 Å². The molecule has 1 aromatic rings. The molecular weight excluding hydrogens is 262 g/mol. The molecule has 19 heavy (non-hydrogen) atoms. The number of hydrogen-bond acceptors (Lipinski definition) is 5. The van der Waals surface area contributed by atoms with Gasteiger partial charge in [-0.1, -0.05) is 13.8 Å². The van der Waals surface area contributed by atoms with Crippen molar-refractivity contribution in [1.29, 1.82) is 0 Å². The third-order valence-electron chi connectivity index (χ3n) is 2.79. The Kier molecular flexibility index (Phi) is 5.95. The fourth-order valence-corrected chi connectivity index (χ4v) is 3.15. The van der Waals surface area contributed by atoms with Crippen molar-refractivity contribution in [2.24, 2.45) is 0 Å². The molecule has 1 heterocycles. The minimum absolute atomic E-state index is 0.167. The number of thiophene rings is 1. The summed E-state index contributed by atoms with van der Waals surface area (Å²) >= 11 is 1.40. The van der Waals surface area contributed by atoms with Crippen molar-refractivity contribution >= 4 is 27.9 Å². The van der Waals surface area contributed by atoms with Crippen LogP contribution in [-0.4, -0.2) is 33.2 Å². The molecule has 3 N–H and O–H groups in total. The summed E-state index contributed by atoms with van der Waals surface area (Å²) in [5.74, 6) is 0.450. The number of nitrogens with two attached hydrogens (primary N) is 1. The Hall–Kier alpha value is -1.43. The topological polar surface area (TPSA) is 67.6 Å². The molecule has 0 aromatic carbocycles. The summed E-state index contributed by atoms with van der Waals surface area (Å²) in [6.45, 7) is 6.12. The zero-order valence-electron chi connectivity index (χ0n) is 12.1. The first-order chi connectivity index (χ1) is 9.10. The molecule has 0 bridgehead atoms. The Labute approximate surface area is 118 Å². The van der Waals surface area contributed by atoms with E-state index in [1.54, 1.807) is 14.2 Å². The predicted molar refractivity (Wildman–Crippen MR) is 81.5 cm³/mol. The van der Waals surface area contributed by atoms with Gasteiger partial charge in [0.05, 0.1) is 7.11 Å². The number of ether oxygens (including phenoxy) is 1. The fraction of sp³-hybridized carbons (Fsp3) is 0.615. The van der Waals surface area contributed by atoms with Gasteiger partial charge in [0.1, 0.15) is 15.6 Å². The Morgan fingerprint density at radius 1 is 1.37 bits per heavy atom. The van der Waals surface area contributed by atoms with Crippen molar-refractivity contribution in [3.8, 4) is 5.75 Å². The van der Waals surface area contributed by atoms with Crippen LogP contribution in [0.2, 0.25) is 0 Å². The lowest BCUT2D eigenvalue weighted by molar-refractivity contribution is 0.0967. The van der Waals surface area contributed by atoms with Gasteiger partial charge < -0.3 is 20.7 Å². The van der Waals surface area contributed by atoms with Crippen molar-refractivity contribution < 1.29 is 9.53 Å². The molecule has 0 aliphatic heterocycles. The van der Waals surface area contributed by atoms with E-state index in [1.165, 1.54) is 11.3 Å². The predicted octanol–water partition coefficient (Wildman–Crippen LogP) is 2.32. The molecule has 1 rings (SSSR count). The average molecular weight is 285 g/mol. The molecule has 0 saturated carbocycles. The molecule has 0 aliphatic rings. The third-order valence-corrected chi connectivity index (χ3v) is 4.04. The second kappa shape index (κ2) is 7.23. The molecule has 6 heteroatoms. The number of amides is 1. The minimum Gasteiger partial charge on any atom is -0.492 e. The normalized spacial score (nSPS) is 10.3. The van der Waals surface area contributed by atoms with Crippen LogP contribution in [0.15, 0.2) is 0 Å². The van der Waals surface area contributed by atoms with Crippen LogP contribution in [-0.2, 0) is 0 Å². The molecule has 1 aromatic heterocycles. The van der Waals surface area contributed by atoms with E-state index in [9.17, 15) is 4.79 Å². The smallest absolute Gasteiger partial charge is 0.263 e. The molecule has 5 nitrogen and oxygen atoms in total. The second-order valence-corrected chi connectivity index (χ2v) is 5.25. The number of carbonyl (C=O) groups excluding carboxylic acids is 1. The molecule has 0 spiro atoms. The summed E-state index contributed by atoms with van der Waals surface area (Å²) in [6.07, 6.45) is 2.08. The van der Waals surface area contributed by atoms with Crippen LogP contribution >= 0.6 is 11.3 Å². The van der Waals surface area contributed by atoms with E-state index >= 15 is 0 Å². The van der Waals surface area contributed by atoms with Gasteiger partial charge in [-0.05, 0) is 12.8 Å². The van der Waals surface area contributed by atoms with Gasteiger partial charge in [0.15, 0.2) is 5.75 Å². The number of rotatable bonds is 7. The number of nitrogens with one attached hydrogen (secondary N) is 1. The van der Waals surface area contributed by atoms with Crippen molar-refractivity contribution in [3.05, 3.63) is 4.88 Å². The summed E-state index contributed by atoms with van der Waals surface area (Å²) in [4.78, 5) is 14.5. The summed E-state index contributed by atoms with van der Waals surface area (Å²) < 4.78 is 5.39. The van der Waals surface area contributed by atoms with E-state index in [0.717, 1.165) is 30.9 Å². The molecule has 0 atom stereocenters. The molecule has 108 valence electrons. The van der Waals surface area contributed by atoms with Crippen molar-refractivity contribution in [3.63, 3.8) is 0 Å². The van der Waals surface area contributed by atoms with E-state index in [-0.39, 0.29) is 5.91 Å². The lowest BCUT2D eigenvalue weighted by atomic mass is 10.3. The highest BCUT2D eigenvalue weighted by molar-refractivity contribution is 7.19. The lowest BCUT2D eigenvalue weighted by Gasteiger charge is -2.22.